The van der Waals surface area contributed by atoms with Crippen LogP contribution in [0.3, 0.4) is 0 Å². The van der Waals surface area contributed by atoms with Gasteiger partial charge in [0.1, 0.15) is 0 Å². The number of alkyl halides is 1. The Morgan fingerprint density at radius 2 is 1.90 bits per heavy atom. The van der Waals surface area contributed by atoms with Crippen LogP contribution in [0.5, 0.6) is 0 Å². The third-order valence-electron chi connectivity index (χ3n) is 2.25. The van der Waals surface area contributed by atoms with Gasteiger partial charge in [0.15, 0.2) is 0 Å². The standard InChI is InChI=1S/C8H12IN/c9-5-7-1-3-8(6-10)4-2-7/h7-8H,1-5H2. The molecule has 1 aliphatic carbocycles. The van der Waals surface area contributed by atoms with E-state index in [9.17, 15) is 0 Å². The molecular formula is C8H12IN. The summed E-state index contributed by atoms with van der Waals surface area (Å²) in [5.74, 6) is 1.28. The third-order valence-corrected chi connectivity index (χ3v) is 3.49. The first kappa shape index (κ1) is 8.32. The first-order valence-corrected chi connectivity index (χ1v) is 5.35. The lowest BCUT2D eigenvalue weighted by molar-refractivity contribution is 0.343. The van der Waals surface area contributed by atoms with E-state index in [0.717, 1.165) is 18.8 Å². The van der Waals surface area contributed by atoms with E-state index in [2.05, 4.69) is 28.7 Å². The Bertz CT molecular complexity index is 131. The van der Waals surface area contributed by atoms with Crippen molar-refractivity contribution < 1.29 is 0 Å². The van der Waals surface area contributed by atoms with Crippen molar-refractivity contribution in [3.8, 4) is 6.07 Å². The number of nitriles is 1. The van der Waals surface area contributed by atoms with Crippen LogP contribution in [0, 0.1) is 23.2 Å². The summed E-state index contributed by atoms with van der Waals surface area (Å²) in [5, 5.41) is 8.60. The highest BCUT2D eigenvalue weighted by molar-refractivity contribution is 14.1. The lowest BCUT2D eigenvalue weighted by Crippen LogP contribution is -2.13. The second-order valence-corrected chi connectivity index (χ2v) is 3.88. The fraction of sp³-hybridized carbons (Fsp3) is 0.875. The van der Waals surface area contributed by atoms with Crippen molar-refractivity contribution in [1.82, 2.24) is 0 Å². The van der Waals surface area contributed by atoms with Crippen molar-refractivity contribution in [2.24, 2.45) is 11.8 Å². The lowest BCUT2D eigenvalue weighted by Gasteiger charge is -2.22. The molecule has 2 heteroatoms. The summed E-state index contributed by atoms with van der Waals surface area (Å²) in [5.41, 5.74) is 0. The molecule has 1 saturated carbocycles. The predicted octanol–water partition coefficient (Wildman–Crippen LogP) is 2.75. The van der Waals surface area contributed by atoms with Gasteiger partial charge < -0.3 is 0 Å². The van der Waals surface area contributed by atoms with Gasteiger partial charge in [-0.1, -0.05) is 22.6 Å². The van der Waals surface area contributed by atoms with E-state index in [1.54, 1.807) is 0 Å². The molecule has 10 heavy (non-hydrogen) atoms. The number of hydrogen-bond donors (Lipinski definition) is 0. The molecular weight excluding hydrogens is 237 g/mol. The van der Waals surface area contributed by atoms with Crippen molar-refractivity contribution in [1.29, 1.82) is 5.26 Å². The Hall–Kier alpha value is 0.220. The summed E-state index contributed by atoms with van der Waals surface area (Å²) >= 11 is 2.44. The van der Waals surface area contributed by atoms with Gasteiger partial charge in [-0.2, -0.15) is 5.26 Å². The van der Waals surface area contributed by atoms with E-state index in [0.29, 0.717) is 5.92 Å². The zero-order valence-electron chi connectivity index (χ0n) is 6.02. The van der Waals surface area contributed by atoms with E-state index < -0.39 is 0 Å². The number of rotatable bonds is 1. The average Bonchev–Trinajstić information content (AvgIpc) is 2.05. The molecule has 0 aromatic heterocycles. The van der Waals surface area contributed by atoms with Gasteiger partial charge in [-0.05, 0) is 31.6 Å². The molecule has 0 radical (unpaired) electrons. The zero-order chi connectivity index (χ0) is 7.40. The van der Waals surface area contributed by atoms with Crippen LogP contribution in [-0.4, -0.2) is 4.43 Å². The monoisotopic (exact) mass is 249 g/mol. The molecule has 0 bridgehead atoms. The highest BCUT2D eigenvalue weighted by atomic mass is 127. The Morgan fingerprint density at radius 3 is 2.30 bits per heavy atom. The van der Waals surface area contributed by atoms with Crippen LogP contribution in [-0.2, 0) is 0 Å². The number of hydrogen-bond acceptors (Lipinski definition) is 1. The summed E-state index contributed by atoms with van der Waals surface area (Å²) in [6.45, 7) is 0. The highest BCUT2D eigenvalue weighted by Crippen LogP contribution is 2.29. The van der Waals surface area contributed by atoms with Gasteiger partial charge in [0.2, 0.25) is 0 Å². The van der Waals surface area contributed by atoms with Crippen LogP contribution in [0.1, 0.15) is 25.7 Å². The maximum absolute atomic E-state index is 8.60. The minimum Gasteiger partial charge on any atom is -0.198 e. The third kappa shape index (κ3) is 2.12. The molecule has 1 rings (SSSR count). The maximum atomic E-state index is 8.60. The van der Waals surface area contributed by atoms with Gasteiger partial charge in [0.05, 0.1) is 6.07 Å². The summed E-state index contributed by atoms with van der Waals surface area (Å²) in [4.78, 5) is 0. The summed E-state index contributed by atoms with van der Waals surface area (Å²) in [6, 6.07) is 2.35. The van der Waals surface area contributed by atoms with Crippen molar-refractivity contribution >= 4 is 22.6 Å². The molecule has 0 spiro atoms. The van der Waals surface area contributed by atoms with E-state index in [-0.39, 0.29) is 0 Å². The molecule has 1 fully saturated rings. The van der Waals surface area contributed by atoms with Crippen molar-refractivity contribution in [2.45, 2.75) is 25.7 Å². The van der Waals surface area contributed by atoms with E-state index in [4.69, 9.17) is 5.26 Å². The quantitative estimate of drug-likeness (QED) is 0.517. The highest BCUT2D eigenvalue weighted by Gasteiger charge is 2.19. The topological polar surface area (TPSA) is 23.8 Å². The molecule has 0 saturated heterocycles. The first-order valence-electron chi connectivity index (χ1n) is 3.82. The molecule has 0 aromatic carbocycles. The van der Waals surface area contributed by atoms with Gasteiger partial charge in [-0.3, -0.25) is 0 Å². The molecule has 56 valence electrons. The van der Waals surface area contributed by atoms with Gasteiger partial charge in [0.25, 0.3) is 0 Å². The SMILES string of the molecule is N#CC1CCC(CI)CC1. The molecule has 1 nitrogen and oxygen atoms in total. The van der Waals surface area contributed by atoms with Gasteiger partial charge in [-0.25, -0.2) is 0 Å². The Balaban J connectivity index is 2.25. The van der Waals surface area contributed by atoms with Gasteiger partial charge >= 0.3 is 0 Å². The van der Waals surface area contributed by atoms with Crippen molar-refractivity contribution in [3.05, 3.63) is 0 Å². The predicted molar refractivity (Wildman–Crippen MR) is 49.9 cm³/mol. The fourth-order valence-corrected chi connectivity index (χ4v) is 2.33. The second kappa shape index (κ2) is 4.17. The molecule has 0 heterocycles. The van der Waals surface area contributed by atoms with Gasteiger partial charge in [-0.15, -0.1) is 0 Å². The fourth-order valence-electron chi connectivity index (χ4n) is 1.45. The summed E-state index contributed by atoms with van der Waals surface area (Å²) in [7, 11) is 0. The maximum Gasteiger partial charge on any atom is 0.0655 e. The summed E-state index contributed by atoms with van der Waals surface area (Å²) < 4.78 is 1.27. The van der Waals surface area contributed by atoms with E-state index >= 15 is 0 Å². The van der Waals surface area contributed by atoms with Crippen LogP contribution in [0.25, 0.3) is 0 Å². The zero-order valence-corrected chi connectivity index (χ0v) is 8.17. The van der Waals surface area contributed by atoms with Crippen molar-refractivity contribution in [2.75, 3.05) is 4.43 Å². The van der Waals surface area contributed by atoms with Crippen LogP contribution >= 0.6 is 22.6 Å². The van der Waals surface area contributed by atoms with Crippen LogP contribution in [0.15, 0.2) is 0 Å². The van der Waals surface area contributed by atoms with Crippen molar-refractivity contribution in [3.63, 3.8) is 0 Å². The molecule has 0 aromatic rings. The van der Waals surface area contributed by atoms with Gasteiger partial charge in [0, 0.05) is 10.3 Å². The Labute approximate surface area is 75.9 Å². The Morgan fingerprint density at radius 1 is 1.30 bits per heavy atom. The number of halogens is 1. The van der Waals surface area contributed by atoms with E-state index in [1.807, 2.05) is 0 Å². The first-order chi connectivity index (χ1) is 4.86. The number of nitrogens with zero attached hydrogens (tertiary/aromatic N) is 1. The lowest BCUT2D eigenvalue weighted by atomic mass is 9.84. The summed E-state index contributed by atoms with van der Waals surface area (Å²) in [6.07, 6.45) is 4.84. The molecule has 0 aliphatic heterocycles. The average molecular weight is 249 g/mol. The second-order valence-electron chi connectivity index (χ2n) is 3.00. The minimum atomic E-state index is 0.374. The molecule has 0 amide bonds. The van der Waals surface area contributed by atoms with Crippen LogP contribution in [0.4, 0.5) is 0 Å². The smallest absolute Gasteiger partial charge is 0.0655 e. The molecule has 1 aliphatic rings. The largest absolute Gasteiger partial charge is 0.198 e. The van der Waals surface area contributed by atoms with Crippen LogP contribution < -0.4 is 0 Å². The Kier molecular flexibility index (Phi) is 3.47. The van der Waals surface area contributed by atoms with E-state index in [1.165, 1.54) is 17.3 Å². The molecule has 0 atom stereocenters. The molecule has 0 unspecified atom stereocenters. The normalized spacial score (nSPS) is 33.2. The minimum absolute atomic E-state index is 0.374. The van der Waals surface area contributed by atoms with Crippen LogP contribution in [0.2, 0.25) is 0 Å². The molecule has 0 N–H and O–H groups in total.